The van der Waals surface area contributed by atoms with E-state index in [1.165, 1.54) is 193 Å². The van der Waals surface area contributed by atoms with E-state index >= 15 is 0 Å². The first kappa shape index (κ1) is 90.1. The molecule has 0 aliphatic heterocycles. The fourth-order valence-electron chi connectivity index (χ4n) is 11.1. The predicted octanol–water partition coefficient (Wildman–Crippen LogP) is 21.2. The average Bonchev–Trinajstić information content (AvgIpc) is 2.17. The standard InChI is InChI=1S/C73H142O17P2/c1-7-10-12-14-16-18-20-21-22-23-24-26-32-39-45-51-57-72(77)89-68(61-84-71(76)56-50-44-38-31-28-27-29-36-42-48-54-66(6)9-3)63-87-91(79,80)85-59-67(74)60-86-92(81,82)88-64-69(90-73(78)58-52-46-40-34-33-35-41-47-53-65(4)5)62-83-70(75)55-49-43-37-30-25-19-17-15-13-11-8-2/h65-69,74H,7-64H2,1-6H3,(H,79,80)(H,81,82)/t66?,67-,68-,69-/m1/s1. The average molecular weight is 1350 g/mol. The van der Waals surface area contributed by atoms with Gasteiger partial charge in [0.15, 0.2) is 12.2 Å². The van der Waals surface area contributed by atoms with Crippen LogP contribution in [0.2, 0.25) is 0 Å². The largest absolute Gasteiger partial charge is 0.472 e. The maximum absolute atomic E-state index is 13.1. The molecule has 0 amide bonds. The van der Waals surface area contributed by atoms with Gasteiger partial charge in [-0.05, 0) is 37.5 Å². The lowest BCUT2D eigenvalue weighted by molar-refractivity contribution is -0.161. The van der Waals surface area contributed by atoms with Crippen molar-refractivity contribution in [2.24, 2.45) is 11.8 Å². The van der Waals surface area contributed by atoms with E-state index in [9.17, 15) is 43.2 Å². The summed E-state index contributed by atoms with van der Waals surface area (Å²) in [7, 11) is -9.91. The molecule has 0 bridgehead atoms. The third-order valence-electron chi connectivity index (χ3n) is 17.3. The molecule has 0 spiro atoms. The molecule has 6 atom stereocenters. The first-order valence-corrected chi connectivity index (χ1v) is 41.0. The summed E-state index contributed by atoms with van der Waals surface area (Å²) in [4.78, 5) is 72.7. The van der Waals surface area contributed by atoms with Crippen LogP contribution < -0.4 is 0 Å². The normalized spacial score (nSPS) is 14.4. The molecule has 546 valence electrons. The van der Waals surface area contributed by atoms with Crippen LogP contribution >= 0.6 is 15.6 Å². The molecule has 92 heavy (non-hydrogen) atoms. The fourth-order valence-corrected chi connectivity index (χ4v) is 12.7. The van der Waals surface area contributed by atoms with Crippen molar-refractivity contribution in [3.63, 3.8) is 0 Å². The zero-order valence-corrected chi connectivity index (χ0v) is 61.6. The Morgan fingerprint density at radius 1 is 0.315 bits per heavy atom. The Balaban J connectivity index is 5.25. The van der Waals surface area contributed by atoms with Crippen LogP contribution in [-0.2, 0) is 65.4 Å². The van der Waals surface area contributed by atoms with Gasteiger partial charge in [-0.3, -0.25) is 37.3 Å². The van der Waals surface area contributed by atoms with E-state index in [0.29, 0.717) is 25.7 Å². The first-order chi connectivity index (χ1) is 44.4. The van der Waals surface area contributed by atoms with Gasteiger partial charge in [-0.1, -0.05) is 324 Å². The van der Waals surface area contributed by atoms with Crippen molar-refractivity contribution >= 4 is 39.5 Å². The Morgan fingerprint density at radius 2 is 0.554 bits per heavy atom. The van der Waals surface area contributed by atoms with Crippen LogP contribution in [0.5, 0.6) is 0 Å². The number of hydrogen-bond acceptors (Lipinski definition) is 15. The SMILES string of the molecule is CCCCCCCCCCCCCCCCCCC(=O)O[C@H](COC(=O)CCCCCCCCCCCCC(C)CC)COP(=O)(O)OC[C@@H](O)COP(=O)(O)OC[C@@H](COC(=O)CCCCCCCCCCCCC)OC(=O)CCCCCCCCCCC(C)C. The number of unbranched alkanes of at least 4 members (excludes halogenated alkanes) is 41. The maximum Gasteiger partial charge on any atom is 0.472 e. The highest BCUT2D eigenvalue weighted by Gasteiger charge is 2.30. The van der Waals surface area contributed by atoms with Gasteiger partial charge in [-0.15, -0.1) is 0 Å². The number of rotatable bonds is 72. The molecule has 0 fully saturated rings. The Kier molecular flexibility index (Phi) is 63.7. The van der Waals surface area contributed by atoms with Crippen LogP contribution in [0.3, 0.4) is 0 Å². The van der Waals surface area contributed by atoms with E-state index in [4.69, 9.17) is 37.0 Å². The number of phosphoric ester groups is 2. The molecule has 0 radical (unpaired) electrons. The second-order valence-corrected chi connectivity index (χ2v) is 30.0. The van der Waals surface area contributed by atoms with Crippen LogP contribution in [0.25, 0.3) is 0 Å². The molecular weight excluding hydrogens is 1210 g/mol. The van der Waals surface area contributed by atoms with Gasteiger partial charge in [-0.2, -0.15) is 0 Å². The van der Waals surface area contributed by atoms with Gasteiger partial charge in [0, 0.05) is 25.7 Å². The zero-order chi connectivity index (χ0) is 67.9. The van der Waals surface area contributed by atoms with E-state index in [1.54, 1.807) is 0 Å². The minimum atomic E-state index is -4.95. The molecule has 17 nitrogen and oxygen atoms in total. The topological polar surface area (TPSA) is 237 Å². The summed E-state index contributed by atoms with van der Waals surface area (Å²) < 4.78 is 68.4. The minimum Gasteiger partial charge on any atom is -0.462 e. The molecule has 3 N–H and O–H groups in total. The number of aliphatic hydroxyl groups excluding tert-OH is 1. The van der Waals surface area contributed by atoms with Gasteiger partial charge in [-0.25, -0.2) is 9.13 Å². The molecule has 19 heteroatoms. The van der Waals surface area contributed by atoms with E-state index < -0.39 is 97.5 Å². The van der Waals surface area contributed by atoms with Crippen LogP contribution in [0, 0.1) is 11.8 Å². The predicted molar refractivity (Wildman–Crippen MR) is 372 cm³/mol. The van der Waals surface area contributed by atoms with Crippen LogP contribution in [0.15, 0.2) is 0 Å². The molecule has 0 aromatic heterocycles. The van der Waals surface area contributed by atoms with Gasteiger partial charge in [0.25, 0.3) is 0 Å². The number of esters is 4. The second kappa shape index (κ2) is 65.0. The minimum absolute atomic E-state index is 0.105. The van der Waals surface area contributed by atoms with Crippen molar-refractivity contribution in [3.8, 4) is 0 Å². The second-order valence-electron chi connectivity index (χ2n) is 27.1. The van der Waals surface area contributed by atoms with Crippen molar-refractivity contribution in [3.05, 3.63) is 0 Å². The number of aliphatic hydroxyl groups is 1. The highest BCUT2D eigenvalue weighted by molar-refractivity contribution is 7.47. The van der Waals surface area contributed by atoms with Crippen LogP contribution in [0.4, 0.5) is 0 Å². The summed E-state index contributed by atoms with van der Waals surface area (Å²) in [5, 5.41) is 10.6. The molecule has 3 unspecified atom stereocenters. The van der Waals surface area contributed by atoms with Crippen LogP contribution in [0.1, 0.15) is 375 Å². The van der Waals surface area contributed by atoms with Gasteiger partial charge in [0.2, 0.25) is 0 Å². The lowest BCUT2D eigenvalue weighted by Crippen LogP contribution is -2.30. The zero-order valence-electron chi connectivity index (χ0n) is 59.9. The summed E-state index contributed by atoms with van der Waals surface area (Å²) in [6.07, 6.45) is 51.2. The van der Waals surface area contributed by atoms with E-state index in [1.807, 2.05) is 0 Å². The lowest BCUT2D eigenvalue weighted by atomic mass is 9.99. The monoisotopic (exact) mass is 1350 g/mol. The van der Waals surface area contributed by atoms with Gasteiger partial charge >= 0.3 is 39.5 Å². The summed E-state index contributed by atoms with van der Waals surface area (Å²) in [5.41, 5.74) is 0. The fraction of sp³-hybridized carbons (Fsp3) is 0.945. The van der Waals surface area contributed by atoms with Crippen molar-refractivity contribution < 1.29 is 80.2 Å². The van der Waals surface area contributed by atoms with E-state index in [2.05, 4.69) is 41.5 Å². The van der Waals surface area contributed by atoms with Crippen molar-refractivity contribution in [1.82, 2.24) is 0 Å². The summed E-state index contributed by atoms with van der Waals surface area (Å²) in [5.74, 6) is -0.592. The molecule has 0 saturated heterocycles. The molecule has 0 aliphatic rings. The quantitative estimate of drug-likeness (QED) is 0.0222. The molecular formula is C73H142O17P2. The lowest BCUT2D eigenvalue weighted by Gasteiger charge is -2.21. The Hall–Kier alpha value is -1.94. The van der Waals surface area contributed by atoms with Crippen molar-refractivity contribution in [2.45, 2.75) is 394 Å². The molecule has 0 saturated carbocycles. The van der Waals surface area contributed by atoms with Crippen molar-refractivity contribution in [2.75, 3.05) is 39.6 Å². The molecule has 0 rings (SSSR count). The molecule has 0 heterocycles. The number of carbonyl (C=O) groups excluding carboxylic acids is 4. The molecule has 0 aliphatic carbocycles. The van der Waals surface area contributed by atoms with Crippen LogP contribution in [-0.4, -0.2) is 96.7 Å². The maximum atomic E-state index is 13.1. The van der Waals surface area contributed by atoms with Gasteiger partial charge in [0.1, 0.15) is 19.3 Å². The van der Waals surface area contributed by atoms with Gasteiger partial charge < -0.3 is 33.8 Å². The molecule has 0 aromatic carbocycles. The Labute approximate surface area is 562 Å². The third kappa shape index (κ3) is 65.4. The number of hydrogen-bond donors (Lipinski definition) is 3. The van der Waals surface area contributed by atoms with Crippen molar-refractivity contribution in [1.29, 1.82) is 0 Å². The summed E-state index contributed by atoms with van der Waals surface area (Å²) in [6, 6.07) is 0. The highest BCUT2D eigenvalue weighted by Crippen LogP contribution is 2.45. The smallest absolute Gasteiger partial charge is 0.462 e. The molecule has 0 aromatic rings. The highest BCUT2D eigenvalue weighted by atomic mass is 31.2. The third-order valence-corrected chi connectivity index (χ3v) is 19.2. The number of carbonyl (C=O) groups is 4. The van der Waals surface area contributed by atoms with E-state index in [-0.39, 0.29) is 25.7 Å². The summed E-state index contributed by atoms with van der Waals surface area (Å²) >= 11 is 0. The Morgan fingerprint density at radius 3 is 0.826 bits per heavy atom. The first-order valence-electron chi connectivity index (χ1n) is 38.0. The number of ether oxygens (including phenoxy) is 4. The van der Waals surface area contributed by atoms with E-state index in [0.717, 1.165) is 102 Å². The Bertz CT molecular complexity index is 1790. The number of phosphoric acid groups is 2. The van der Waals surface area contributed by atoms with Gasteiger partial charge in [0.05, 0.1) is 26.4 Å². The summed E-state index contributed by atoms with van der Waals surface area (Å²) in [6.45, 7) is 9.56.